The van der Waals surface area contributed by atoms with Crippen LogP contribution in [-0.4, -0.2) is 0 Å². The van der Waals surface area contributed by atoms with Crippen LogP contribution in [0.25, 0.3) is 0 Å². The predicted molar refractivity (Wildman–Crippen MR) is 11.7 cm³/mol. The molecular weight excluding hydrogens is 275 g/mol. The van der Waals surface area contributed by atoms with Crippen molar-refractivity contribution in [2.45, 2.75) is 0 Å². The van der Waals surface area contributed by atoms with E-state index < -0.39 is 0 Å². The van der Waals surface area contributed by atoms with Crippen LogP contribution >= 0.6 is 23.7 Å². The van der Waals surface area contributed by atoms with Gasteiger partial charge in [-0.1, -0.05) is 0 Å². The van der Waals surface area contributed by atoms with Gasteiger partial charge in [-0.3, -0.25) is 0 Å². The van der Waals surface area contributed by atoms with E-state index >= 15 is 0 Å². The van der Waals surface area contributed by atoms with Crippen molar-refractivity contribution in [3.63, 3.8) is 0 Å². The molecule has 0 unspecified atom stereocenters. The van der Waals surface area contributed by atoms with Gasteiger partial charge in [0.1, 0.15) is 0 Å². The minimum absolute atomic E-state index is 0. The van der Waals surface area contributed by atoms with Crippen molar-refractivity contribution in [3.05, 3.63) is 0 Å². The van der Waals surface area contributed by atoms with Crippen molar-refractivity contribution in [1.29, 1.82) is 0 Å². The van der Waals surface area contributed by atoms with E-state index in [0.29, 0.717) is 0 Å². The first-order valence-corrected chi connectivity index (χ1v) is 0.926. The van der Waals surface area contributed by atoms with Crippen molar-refractivity contribution >= 4 is 23.7 Å². The molecule has 0 bridgehead atoms. The van der Waals surface area contributed by atoms with Gasteiger partial charge in [-0.2, -0.15) is 0 Å². The zero-order chi connectivity index (χ0) is 4.00. The van der Waals surface area contributed by atoms with E-state index in [4.69, 9.17) is 9.32 Å². The Morgan fingerprint density at radius 3 is 0.714 bits per heavy atom. The van der Waals surface area contributed by atoms with Gasteiger partial charge in [-0.05, 0) is 0 Å². The molecule has 0 saturated carbocycles. The maximum absolute atomic E-state index is 7.72. The summed E-state index contributed by atoms with van der Waals surface area (Å²) in [6.45, 7) is 0. The molecule has 7 heavy (non-hydrogen) atoms. The third-order valence-corrected chi connectivity index (χ3v) is 0. The molecule has 0 atom stereocenters. The molecule has 0 heterocycles. The number of rotatable bonds is 0. The van der Waals surface area contributed by atoms with Gasteiger partial charge in [0.05, 0.1) is 0 Å². The Morgan fingerprint density at radius 1 is 0.714 bits per heavy atom. The molecule has 0 N–H and O–H groups in total. The molecule has 0 radical (unpaired) electrons. The molecule has 0 fully saturated rings. The Bertz CT molecular complexity index is 9.65. The zero-order valence-corrected chi connectivity index (χ0v) is 7.44. The second-order valence-corrected chi connectivity index (χ2v) is 0. The van der Waals surface area contributed by atoms with E-state index in [0.717, 1.165) is 0 Å². The van der Waals surface area contributed by atoms with Crippen LogP contribution in [0.4, 0.5) is 0 Å². The fourth-order valence-corrected chi connectivity index (χ4v) is 0. The minimum Gasteiger partial charge on any atom is -1.00 e. The van der Waals surface area contributed by atoms with Crippen LogP contribution < -0.4 is 34.1 Å². The van der Waals surface area contributed by atoms with Crippen LogP contribution in [0, 0.1) is 0 Å². The molecule has 0 aromatic rings. The maximum Gasteiger partial charge on any atom is 4.00 e. The van der Waals surface area contributed by atoms with Gasteiger partial charge < -0.3 is 34.1 Å². The molecule has 0 aliphatic rings. The Hall–Kier alpha value is 1.70. The SMILES string of the molecule is [Cl-].[Cl-].[O-]Cl.[O-]Cl.[Ru+4]. The van der Waals surface area contributed by atoms with Gasteiger partial charge in [0.25, 0.3) is 0 Å². The largest absolute Gasteiger partial charge is 4.00 e. The first-order valence-electron chi connectivity index (χ1n) is 0.309. The van der Waals surface area contributed by atoms with E-state index in [2.05, 4.69) is 23.7 Å². The molecule has 0 aromatic heterocycles. The van der Waals surface area contributed by atoms with Crippen molar-refractivity contribution in [3.8, 4) is 0 Å². The van der Waals surface area contributed by atoms with Crippen LogP contribution in [0.3, 0.4) is 0 Å². The second-order valence-electron chi connectivity index (χ2n) is 0. The molecule has 0 aliphatic heterocycles. The summed E-state index contributed by atoms with van der Waals surface area (Å²) in [5.74, 6) is 0. The van der Waals surface area contributed by atoms with Gasteiger partial charge in [-0.15, -0.1) is 0 Å². The molecule has 0 aromatic carbocycles. The normalized spacial score (nSPS) is 1.71. The fraction of sp³-hybridized carbons (Fsp3) is 0. The summed E-state index contributed by atoms with van der Waals surface area (Å²) >= 11 is 6.78. The van der Waals surface area contributed by atoms with Gasteiger partial charge in [-0.25, -0.2) is 23.7 Å². The van der Waals surface area contributed by atoms with Gasteiger partial charge in [0, 0.05) is 0 Å². The van der Waals surface area contributed by atoms with Crippen molar-refractivity contribution in [1.82, 2.24) is 0 Å². The van der Waals surface area contributed by atoms with Crippen molar-refractivity contribution < 1.29 is 53.6 Å². The summed E-state index contributed by atoms with van der Waals surface area (Å²) in [4.78, 5) is 0. The molecule has 2 nitrogen and oxygen atoms in total. The summed E-state index contributed by atoms with van der Waals surface area (Å²) in [5, 5.41) is 0. The number of hydrogen-bond acceptors (Lipinski definition) is 2. The monoisotopic (exact) mass is 274 g/mol. The average Bonchev–Trinajstić information content (AvgIpc) is 1.50. The third kappa shape index (κ3) is 86.4. The summed E-state index contributed by atoms with van der Waals surface area (Å²) in [5.41, 5.74) is 0. The predicted octanol–water partition coefficient (Wildman–Crippen LogP) is -6.99. The van der Waals surface area contributed by atoms with Crippen molar-refractivity contribution in [2.75, 3.05) is 0 Å². The minimum atomic E-state index is 0. The van der Waals surface area contributed by atoms with Crippen LogP contribution in [0.5, 0.6) is 0 Å². The molecule has 0 rings (SSSR count). The van der Waals surface area contributed by atoms with E-state index in [-0.39, 0.29) is 44.3 Å². The van der Waals surface area contributed by atoms with E-state index in [1.807, 2.05) is 0 Å². The standard InChI is InChI=1S/2ClO.2ClH.Ru/c2*1-2;;;/h;;2*1H;/q2*-1;;;+4/p-2. The average molecular weight is 275 g/mol. The van der Waals surface area contributed by atoms with E-state index in [1.165, 1.54) is 0 Å². The topological polar surface area (TPSA) is 46.1 Å². The van der Waals surface area contributed by atoms with Crippen LogP contribution in [0.15, 0.2) is 0 Å². The van der Waals surface area contributed by atoms with Crippen LogP contribution in [0.1, 0.15) is 0 Å². The molecule has 0 saturated heterocycles. The van der Waals surface area contributed by atoms with Gasteiger partial charge >= 0.3 is 19.5 Å². The first kappa shape index (κ1) is 37.7. The Labute approximate surface area is 77.1 Å². The summed E-state index contributed by atoms with van der Waals surface area (Å²) in [6, 6.07) is 0. The summed E-state index contributed by atoms with van der Waals surface area (Å²) < 4.78 is 15.4. The molecule has 0 amide bonds. The molecule has 7 heteroatoms. The number of hydrogen-bond donors (Lipinski definition) is 0. The molecular formula is Cl4O2Ru. The summed E-state index contributed by atoms with van der Waals surface area (Å²) in [6.07, 6.45) is 0. The smallest absolute Gasteiger partial charge is 1.00 e. The Balaban J connectivity index is -0.00000000267. The van der Waals surface area contributed by atoms with E-state index in [1.54, 1.807) is 0 Å². The van der Waals surface area contributed by atoms with Crippen molar-refractivity contribution in [2.24, 2.45) is 0 Å². The van der Waals surface area contributed by atoms with Crippen LogP contribution in [0.2, 0.25) is 0 Å². The van der Waals surface area contributed by atoms with Gasteiger partial charge in [0.15, 0.2) is 0 Å². The second kappa shape index (κ2) is 119. The van der Waals surface area contributed by atoms with Gasteiger partial charge in [0.2, 0.25) is 0 Å². The van der Waals surface area contributed by atoms with Crippen LogP contribution in [-0.2, 0) is 19.5 Å². The quantitative estimate of drug-likeness (QED) is 0.412. The Kier molecular flexibility index (Phi) is 642. The first-order chi connectivity index (χ1) is 2.00. The Morgan fingerprint density at radius 2 is 0.714 bits per heavy atom. The van der Waals surface area contributed by atoms with E-state index in [9.17, 15) is 0 Å². The maximum atomic E-state index is 7.72. The fourth-order valence-electron chi connectivity index (χ4n) is 0. The molecule has 0 spiro atoms. The molecule has 48 valence electrons. The number of halogens is 4. The molecule has 0 aliphatic carbocycles. The third-order valence-electron chi connectivity index (χ3n) is 0. The zero-order valence-electron chi connectivity index (χ0n) is 2.68. The summed E-state index contributed by atoms with van der Waals surface area (Å²) in [7, 11) is 0.